The normalized spacial score (nSPS) is 13.0. The minimum atomic E-state index is -4.54. The number of imidazole rings is 1. The predicted molar refractivity (Wildman–Crippen MR) is 111 cm³/mol. The van der Waals surface area contributed by atoms with Crippen LogP contribution in [0.5, 0.6) is 5.75 Å². The fraction of sp³-hybridized carbons (Fsp3) is 0.286. The number of aromatic nitrogens is 4. The number of hydrogen-bond donors (Lipinski definition) is 1. The van der Waals surface area contributed by atoms with Crippen LogP contribution in [0.25, 0.3) is 28.6 Å². The van der Waals surface area contributed by atoms with Crippen LogP contribution in [0.3, 0.4) is 0 Å². The molecule has 0 amide bonds. The number of nitrogens with zero attached hydrogens (tertiary/aromatic N) is 4. The highest BCUT2D eigenvalue weighted by Gasteiger charge is 2.32. The largest absolute Gasteiger partial charge is 0.488 e. The summed E-state index contributed by atoms with van der Waals surface area (Å²) < 4.78 is 51.4. The maximum Gasteiger partial charge on any atom is 0.417 e. The third-order valence-electron chi connectivity index (χ3n) is 4.77. The molecular formula is C21H18ClF3N4O3. The number of fused-ring (bicyclic) bond motifs is 1. The van der Waals surface area contributed by atoms with Crippen LogP contribution in [0.2, 0.25) is 5.02 Å². The first-order valence-electron chi connectivity index (χ1n) is 9.55. The van der Waals surface area contributed by atoms with Crippen molar-refractivity contribution in [2.24, 2.45) is 0 Å². The van der Waals surface area contributed by atoms with E-state index in [1.54, 1.807) is 6.92 Å². The lowest BCUT2D eigenvalue weighted by Crippen LogP contribution is -2.17. The van der Waals surface area contributed by atoms with Gasteiger partial charge in [-0.1, -0.05) is 16.8 Å². The number of hydrogen-bond acceptors (Lipinski definition) is 6. The van der Waals surface area contributed by atoms with Gasteiger partial charge >= 0.3 is 6.18 Å². The van der Waals surface area contributed by atoms with Gasteiger partial charge in [0.25, 0.3) is 5.89 Å². The van der Waals surface area contributed by atoms with Gasteiger partial charge in [-0.25, -0.2) is 4.98 Å². The molecule has 0 bridgehead atoms. The predicted octanol–water partition coefficient (Wildman–Crippen LogP) is 5.10. The van der Waals surface area contributed by atoms with Gasteiger partial charge in [-0.15, -0.1) is 0 Å². The van der Waals surface area contributed by atoms with E-state index in [9.17, 15) is 18.3 Å². The summed E-state index contributed by atoms with van der Waals surface area (Å²) in [6.45, 7) is 5.37. The first-order valence-corrected chi connectivity index (χ1v) is 9.93. The molecule has 0 saturated carbocycles. The number of alkyl halides is 3. The molecule has 1 N–H and O–H groups in total. The molecule has 1 atom stereocenters. The fourth-order valence-corrected chi connectivity index (χ4v) is 3.52. The van der Waals surface area contributed by atoms with E-state index in [0.29, 0.717) is 11.3 Å². The van der Waals surface area contributed by atoms with E-state index in [2.05, 4.69) is 15.1 Å². The van der Waals surface area contributed by atoms with Crippen molar-refractivity contribution >= 4 is 17.2 Å². The monoisotopic (exact) mass is 466 g/mol. The van der Waals surface area contributed by atoms with Gasteiger partial charge in [-0.3, -0.25) is 0 Å². The van der Waals surface area contributed by atoms with Crippen LogP contribution < -0.4 is 4.74 Å². The molecule has 3 aromatic heterocycles. The summed E-state index contributed by atoms with van der Waals surface area (Å²) in [5.74, 6) is 0.986. The van der Waals surface area contributed by atoms with Gasteiger partial charge in [0, 0.05) is 18.0 Å². The van der Waals surface area contributed by atoms with Gasteiger partial charge in [0.15, 0.2) is 5.65 Å². The summed E-state index contributed by atoms with van der Waals surface area (Å²) in [5, 5.41) is 13.0. The van der Waals surface area contributed by atoms with Crippen LogP contribution in [0.1, 0.15) is 23.6 Å². The molecule has 0 unspecified atom stereocenters. The zero-order valence-corrected chi connectivity index (χ0v) is 18.0. The smallest absolute Gasteiger partial charge is 0.417 e. The lowest BCUT2D eigenvalue weighted by Gasteiger charge is -2.17. The van der Waals surface area contributed by atoms with Crippen molar-refractivity contribution in [1.29, 1.82) is 0 Å². The molecule has 4 aromatic rings. The Labute approximate surface area is 185 Å². The first-order chi connectivity index (χ1) is 15.1. The maximum atomic E-state index is 13.0. The van der Waals surface area contributed by atoms with Crippen molar-refractivity contribution in [3.63, 3.8) is 0 Å². The van der Waals surface area contributed by atoms with Gasteiger partial charge in [-0.2, -0.15) is 18.2 Å². The highest BCUT2D eigenvalue weighted by atomic mass is 35.5. The number of ether oxygens (including phenoxy) is 1. The van der Waals surface area contributed by atoms with Crippen LogP contribution in [-0.2, 0) is 6.18 Å². The second-order valence-electron chi connectivity index (χ2n) is 7.40. The van der Waals surface area contributed by atoms with Gasteiger partial charge in [-0.05, 0) is 50.1 Å². The number of aryl methyl sites for hydroxylation is 2. The Morgan fingerprint density at radius 3 is 2.47 bits per heavy atom. The summed E-state index contributed by atoms with van der Waals surface area (Å²) in [4.78, 5) is 8.56. The Bertz CT molecular complexity index is 1280. The summed E-state index contributed by atoms with van der Waals surface area (Å²) in [5.41, 5.74) is 1.75. The minimum Gasteiger partial charge on any atom is -0.488 e. The number of aliphatic hydroxyl groups is 1. The van der Waals surface area contributed by atoms with Gasteiger partial charge < -0.3 is 18.8 Å². The van der Waals surface area contributed by atoms with Crippen molar-refractivity contribution in [3.8, 4) is 28.7 Å². The lowest BCUT2D eigenvalue weighted by atomic mass is 10.1. The summed E-state index contributed by atoms with van der Waals surface area (Å²) in [6.07, 6.45) is -2.65. The van der Waals surface area contributed by atoms with Gasteiger partial charge in [0.2, 0.25) is 5.82 Å². The molecule has 3 heterocycles. The molecule has 0 aliphatic heterocycles. The molecule has 1 aromatic carbocycles. The molecule has 0 fully saturated rings. The van der Waals surface area contributed by atoms with E-state index in [4.69, 9.17) is 20.9 Å². The highest BCUT2D eigenvalue weighted by Crippen LogP contribution is 2.34. The maximum absolute atomic E-state index is 13.0. The van der Waals surface area contributed by atoms with Crippen LogP contribution in [-0.4, -0.2) is 37.3 Å². The van der Waals surface area contributed by atoms with Gasteiger partial charge in [0.05, 0.1) is 17.2 Å². The molecule has 32 heavy (non-hydrogen) atoms. The summed E-state index contributed by atoms with van der Waals surface area (Å²) in [7, 11) is 0. The summed E-state index contributed by atoms with van der Waals surface area (Å²) in [6, 6.07) is 4.45. The second kappa shape index (κ2) is 8.10. The minimum absolute atomic E-state index is 0.0397. The number of pyridine rings is 1. The average molecular weight is 467 g/mol. The Hall–Kier alpha value is -3.11. The van der Waals surface area contributed by atoms with Crippen molar-refractivity contribution in [2.45, 2.75) is 33.1 Å². The van der Waals surface area contributed by atoms with E-state index < -0.39 is 11.7 Å². The Kier molecular flexibility index (Phi) is 5.59. The number of benzene rings is 1. The first kappa shape index (κ1) is 22.1. The average Bonchev–Trinajstić information content (AvgIpc) is 3.37. The quantitative estimate of drug-likeness (QED) is 0.440. The fourth-order valence-electron chi connectivity index (χ4n) is 3.26. The van der Waals surface area contributed by atoms with Crippen molar-refractivity contribution < 1.29 is 27.5 Å². The van der Waals surface area contributed by atoms with Crippen molar-refractivity contribution in [1.82, 2.24) is 19.5 Å². The third-order valence-corrected chi connectivity index (χ3v) is 5.05. The molecule has 7 nitrogen and oxygen atoms in total. The van der Waals surface area contributed by atoms with E-state index in [0.717, 1.165) is 23.4 Å². The van der Waals surface area contributed by atoms with E-state index in [1.165, 1.54) is 10.6 Å². The van der Waals surface area contributed by atoms with Gasteiger partial charge in [0.1, 0.15) is 17.5 Å². The number of rotatable bonds is 5. The second-order valence-corrected chi connectivity index (χ2v) is 7.81. The Morgan fingerprint density at radius 2 is 1.84 bits per heavy atom. The molecule has 0 aliphatic carbocycles. The number of aliphatic hydroxyl groups excluding tert-OH is 1. The molecule has 11 heteroatoms. The summed E-state index contributed by atoms with van der Waals surface area (Å²) >= 11 is 5.99. The molecule has 0 radical (unpaired) electrons. The molecule has 168 valence electrons. The van der Waals surface area contributed by atoms with E-state index in [1.807, 2.05) is 26.0 Å². The van der Waals surface area contributed by atoms with E-state index in [-0.39, 0.29) is 40.8 Å². The van der Waals surface area contributed by atoms with Crippen LogP contribution in [0.15, 0.2) is 35.1 Å². The Morgan fingerprint density at radius 1 is 1.16 bits per heavy atom. The molecule has 0 aliphatic rings. The zero-order chi connectivity index (χ0) is 23.2. The third kappa shape index (κ3) is 4.15. The lowest BCUT2D eigenvalue weighted by molar-refractivity contribution is -0.137. The standard InChI is InChI=1S/C21H18ClF3N4O3/c1-10-4-13(5-11(2)17(10)31-12(3)9-30)18-27-20(32-28-18)16-8-29-7-14(21(23,24)25)6-15(22)19(29)26-16/h4-8,12,30H,9H2,1-3H3/t12-/m1/s1. The van der Waals surface area contributed by atoms with Crippen molar-refractivity contribution in [3.05, 3.63) is 52.3 Å². The van der Waals surface area contributed by atoms with Crippen LogP contribution >= 0.6 is 11.6 Å². The molecule has 0 spiro atoms. The SMILES string of the molecule is Cc1cc(-c2noc(-c3cn4cc(C(F)(F)F)cc(Cl)c4n3)n2)cc(C)c1O[C@H](C)CO. The Balaban J connectivity index is 1.68. The molecular weight excluding hydrogens is 449 g/mol. The molecule has 4 rings (SSSR count). The molecule has 0 saturated heterocycles. The topological polar surface area (TPSA) is 85.7 Å². The zero-order valence-electron chi connectivity index (χ0n) is 17.2. The van der Waals surface area contributed by atoms with Crippen LogP contribution in [0, 0.1) is 13.8 Å². The van der Waals surface area contributed by atoms with E-state index >= 15 is 0 Å². The van der Waals surface area contributed by atoms with Crippen molar-refractivity contribution in [2.75, 3.05) is 6.61 Å². The number of halogens is 4. The van der Waals surface area contributed by atoms with Crippen LogP contribution in [0.4, 0.5) is 13.2 Å². The highest BCUT2D eigenvalue weighted by molar-refractivity contribution is 6.33.